The fraction of sp³-hybridized carbons (Fsp3) is 0.385. The number of fused-ring (bicyclic) bond motifs is 1. The number of nitrogens with zero attached hydrogens (tertiary/aromatic N) is 2. The molecule has 0 aliphatic carbocycles. The number of ether oxygens (including phenoxy) is 1. The Morgan fingerprint density at radius 2 is 2.20 bits per heavy atom. The average molecular weight is 286 g/mol. The number of anilines is 1. The molecule has 1 heterocycles. The van der Waals surface area contributed by atoms with Crippen molar-refractivity contribution in [3.63, 3.8) is 0 Å². The first-order valence-corrected chi connectivity index (χ1v) is 6.06. The predicted molar refractivity (Wildman–Crippen MR) is 68.4 cm³/mol. The van der Waals surface area contributed by atoms with Gasteiger partial charge in [0.05, 0.1) is 30.1 Å². The zero-order chi connectivity index (χ0) is 14.8. The van der Waals surface area contributed by atoms with Gasteiger partial charge in [0.2, 0.25) is 0 Å². The smallest absolute Gasteiger partial charge is 0.416 e. The van der Waals surface area contributed by atoms with Gasteiger partial charge in [-0.25, -0.2) is 0 Å². The monoisotopic (exact) mass is 286 g/mol. The molecule has 108 valence electrons. The molecule has 0 fully saturated rings. The second-order valence-electron chi connectivity index (χ2n) is 4.20. The Morgan fingerprint density at radius 3 is 2.85 bits per heavy atom. The van der Waals surface area contributed by atoms with Crippen LogP contribution < -0.4 is 4.90 Å². The first-order chi connectivity index (χ1) is 9.41. The molecule has 1 aromatic carbocycles. The Balaban J connectivity index is 2.24. The lowest BCUT2D eigenvalue weighted by molar-refractivity contribution is -0.141. The number of aliphatic imine (C=N–C) groups is 1. The van der Waals surface area contributed by atoms with Crippen molar-refractivity contribution in [2.24, 2.45) is 4.99 Å². The highest BCUT2D eigenvalue weighted by Crippen LogP contribution is 2.37. The topological polar surface area (TPSA) is 41.9 Å². The number of hydrogen-bond donors (Lipinski definition) is 0. The maximum Gasteiger partial charge on any atom is 0.416 e. The number of esters is 1. The standard InChI is InChI=1S/C13H13F3N2O2/c1-2-20-12(19)8-18-6-5-17-10-7-9(13(14,15)16)3-4-11(10)18/h3-5,7H,2,6,8H2,1H3. The molecular weight excluding hydrogens is 273 g/mol. The van der Waals surface area contributed by atoms with Crippen LogP contribution in [0.1, 0.15) is 12.5 Å². The maximum atomic E-state index is 12.6. The van der Waals surface area contributed by atoms with Crippen molar-refractivity contribution in [3.05, 3.63) is 23.8 Å². The third-order valence-electron chi connectivity index (χ3n) is 2.80. The van der Waals surface area contributed by atoms with Gasteiger partial charge in [-0.2, -0.15) is 13.2 Å². The minimum absolute atomic E-state index is 0.0157. The molecule has 4 nitrogen and oxygen atoms in total. The highest BCUT2D eigenvalue weighted by molar-refractivity contribution is 5.86. The summed E-state index contributed by atoms with van der Waals surface area (Å²) in [6.45, 7) is 2.30. The largest absolute Gasteiger partial charge is 0.465 e. The molecule has 0 atom stereocenters. The van der Waals surface area contributed by atoms with Crippen LogP contribution in [0.3, 0.4) is 0 Å². The van der Waals surface area contributed by atoms with E-state index in [1.807, 2.05) is 0 Å². The van der Waals surface area contributed by atoms with Crippen LogP contribution in [0.25, 0.3) is 0 Å². The van der Waals surface area contributed by atoms with Gasteiger partial charge in [-0.15, -0.1) is 0 Å². The lowest BCUT2D eigenvalue weighted by Gasteiger charge is -2.26. The van der Waals surface area contributed by atoms with Crippen molar-refractivity contribution < 1.29 is 22.7 Å². The Bertz CT molecular complexity index is 541. The van der Waals surface area contributed by atoms with E-state index in [1.54, 1.807) is 11.8 Å². The van der Waals surface area contributed by atoms with Crippen LogP contribution in [0.4, 0.5) is 24.5 Å². The molecule has 1 aromatic rings. The van der Waals surface area contributed by atoms with Crippen molar-refractivity contribution in [2.75, 3.05) is 24.6 Å². The molecular formula is C13H13F3N2O2. The lowest BCUT2D eigenvalue weighted by atomic mass is 10.1. The van der Waals surface area contributed by atoms with E-state index in [4.69, 9.17) is 4.74 Å². The van der Waals surface area contributed by atoms with Crippen molar-refractivity contribution in [2.45, 2.75) is 13.1 Å². The van der Waals surface area contributed by atoms with E-state index in [1.165, 1.54) is 12.3 Å². The van der Waals surface area contributed by atoms with Gasteiger partial charge in [0.15, 0.2) is 0 Å². The summed E-state index contributed by atoms with van der Waals surface area (Å²) in [5.41, 5.74) is -0.0599. The molecule has 1 aliphatic heterocycles. The van der Waals surface area contributed by atoms with Crippen molar-refractivity contribution in [3.8, 4) is 0 Å². The summed E-state index contributed by atoms with van der Waals surface area (Å²) in [6, 6.07) is 3.29. The summed E-state index contributed by atoms with van der Waals surface area (Å²) in [5.74, 6) is -0.423. The Hall–Kier alpha value is -2.05. The number of halogens is 3. The van der Waals surface area contributed by atoms with Crippen molar-refractivity contribution in [1.82, 2.24) is 0 Å². The van der Waals surface area contributed by atoms with Gasteiger partial charge in [-0.05, 0) is 25.1 Å². The van der Waals surface area contributed by atoms with Gasteiger partial charge in [0, 0.05) is 6.21 Å². The normalized spacial score (nSPS) is 14.1. The van der Waals surface area contributed by atoms with Gasteiger partial charge in [-0.3, -0.25) is 9.79 Å². The molecule has 0 amide bonds. The molecule has 0 saturated carbocycles. The average Bonchev–Trinajstić information content (AvgIpc) is 2.37. The van der Waals surface area contributed by atoms with Crippen LogP contribution in [-0.2, 0) is 15.7 Å². The molecule has 0 bridgehead atoms. The molecule has 2 rings (SSSR count). The van der Waals surface area contributed by atoms with Gasteiger partial charge >= 0.3 is 12.1 Å². The number of alkyl halides is 3. The highest BCUT2D eigenvalue weighted by Gasteiger charge is 2.32. The summed E-state index contributed by atoms with van der Waals surface area (Å²) in [4.78, 5) is 17.0. The van der Waals surface area contributed by atoms with E-state index < -0.39 is 17.7 Å². The van der Waals surface area contributed by atoms with Gasteiger partial charge in [0.25, 0.3) is 0 Å². The van der Waals surface area contributed by atoms with E-state index in [0.29, 0.717) is 12.2 Å². The van der Waals surface area contributed by atoms with Crippen LogP contribution in [0.2, 0.25) is 0 Å². The quantitative estimate of drug-likeness (QED) is 0.802. The van der Waals surface area contributed by atoms with E-state index in [-0.39, 0.29) is 18.8 Å². The van der Waals surface area contributed by atoms with E-state index in [9.17, 15) is 18.0 Å². The molecule has 0 radical (unpaired) electrons. The minimum Gasteiger partial charge on any atom is -0.465 e. The predicted octanol–water partition coefficient (Wildman–Crippen LogP) is 2.79. The van der Waals surface area contributed by atoms with Gasteiger partial charge in [-0.1, -0.05) is 0 Å². The number of rotatable bonds is 3. The molecule has 7 heteroatoms. The van der Waals surface area contributed by atoms with Gasteiger partial charge < -0.3 is 9.64 Å². The van der Waals surface area contributed by atoms with Crippen molar-refractivity contribution in [1.29, 1.82) is 0 Å². The maximum absolute atomic E-state index is 12.6. The molecule has 0 N–H and O–H groups in total. The first-order valence-electron chi connectivity index (χ1n) is 6.06. The van der Waals surface area contributed by atoms with E-state index in [2.05, 4.69) is 4.99 Å². The molecule has 0 spiro atoms. The Morgan fingerprint density at radius 1 is 1.45 bits per heavy atom. The molecule has 0 aromatic heterocycles. The number of benzene rings is 1. The number of hydrogen-bond acceptors (Lipinski definition) is 4. The Labute approximate surface area is 113 Å². The first kappa shape index (κ1) is 14.4. The van der Waals surface area contributed by atoms with Crippen LogP contribution in [0, 0.1) is 0 Å². The number of carbonyl (C=O) groups is 1. The summed E-state index contributed by atoms with van der Waals surface area (Å²) in [7, 11) is 0. The molecule has 20 heavy (non-hydrogen) atoms. The lowest BCUT2D eigenvalue weighted by Crippen LogP contribution is -2.34. The SMILES string of the molecule is CCOC(=O)CN1CC=Nc2cc(C(F)(F)F)ccc21. The van der Waals surface area contributed by atoms with E-state index in [0.717, 1.165) is 12.1 Å². The van der Waals surface area contributed by atoms with Crippen LogP contribution in [0.5, 0.6) is 0 Å². The molecule has 0 saturated heterocycles. The Kier molecular flexibility index (Phi) is 3.96. The van der Waals surface area contributed by atoms with Crippen LogP contribution >= 0.6 is 0 Å². The minimum atomic E-state index is -4.41. The van der Waals surface area contributed by atoms with Gasteiger partial charge in [0.1, 0.15) is 6.54 Å². The van der Waals surface area contributed by atoms with Crippen LogP contribution in [0.15, 0.2) is 23.2 Å². The van der Waals surface area contributed by atoms with Crippen molar-refractivity contribution >= 4 is 23.6 Å². The third-order valence-corrected chi connectivity index (χ3v) is 2.80. The second-order valence-corrected chi connectivity index (χ2v) is 4.20. The fourth-order valence-corrected chi connectivity index (χ4v) is 1.92. The summed E-state index contributed by atoms with van der Waals surface area (Å²) in [5, 5.41) is 0. The zero-order valence-electron chi connectivity index (χ0n) is 10.8. The number of carbonyl (C=O) groups excluding carboxylic acids is 1. The van der Waals surface area contributed by atoms with Crippen LogP contribution in [-0.4, -0.2) is 31.9 Å². The molecule has 1 aliphatic rings. The second kappa shape index (κ2) is 5.52. The summed E-state index contributed by atoms with van der Waals surface area (Å²) in [6.07, 6.45) is -2.93. The summed E-state index contributed by atoms with van der Waals surface area (Å²) >= 11 is 0. The third kappa shape index (κ3) is 3.09. The zero-order valence-corrected chi connectivity index (χ0v) is 10.8. The molecule has 0 unspecified atom stereocenters. The highest BCUT2D eigenvalue weighted by atomic mass is 19.4. The van der Waals surface area contributed by atoms with E-state index >= 15 is 0 Å². The fourth-order valence-electron chi connectivity index (χ4n) is 1.92. The summed E-state index contributed by atoms with van der Waals surface area (Å²) < 4.78 is 42.7.